The van der Waals surface area contributed by atoms with Gasteiger partial charge in [0.2, 0.25) is 0 Å². The van der Waals surface area contributed by atoms with E-state index in [1.165, 1.54) is 0 Å². The quantitative estimate of drug-likeness (QED) is 0.651. The van der Waals surface area contributed by atoms with Gasteiger partial charge in [-0.2, -0.15) is 0 Å². The molecule has 0 saturated heterocycles. The van der Waals surface area contributed by atoms with Gasteiger partial charge in [0.25, 0.3) is 0 Å². The number of carboxylic acid groups (broad SMARTS) is 1. The molecule has 0 saturated carbocycles. The van der Waals surface area contributed by atoms with Crippen molar-refractivity contribution in [1.29, 1.82) is 0 Å². The van der Waals surface area contributed by atoms with E-state index >= 15 is 0 Å². The summed E-state index contributed by atoms with van der Waals surface area (Å²) in [5.41, 5.74) is 6.61. The van der Waals surface area contributed by atoms with Crippen molar-refractivity contribution in [3.63, 3.8) is 0 Å². The van der Waals surface area contributed by atoms with Crippen molar-refractivity contribution in [1.82, 2.24) is 0 Å². The zero-order valence-corrected chi connectivity index (χ0v) is 9.16. The molecule has 0 radical (unpaired) electrons. The highest BCUT2D eigenvalue weighted by Gasteiger charge is 2.12. The summed E-state index contributed by atoms with van der Waals surface area (Å²) in [6.07, 6.45) is 0. The number of nitrogens with two attached hydrogens (primary N) is 1. The Hall–Kier alpha value is -1.71. The molecule has 0 heterocycles. The Morgan fingerprint density at radius 1 is 1.40 bits per heavy atom. The van der Waals surface area contributed by atoms with Gasteiger partial charge in [-0.1, -0.05) is 0 Å². The predicted molar refractivity (Wildman–Crippen MR) is 61.2 cm³/mol. The summed E-state index contributed by atoms with van der Waals surface area (Å²) < 4.78 is 0. The number of hydrogen-bond acceptors (Lipinski definition) is 3. The second-order valence-electron chi connectivity index (χ2n) is 4.48. The van der Waals surface area contributed by atoms with E-state index in [1.807, 2.05) is 20.8 Å². The molecular weight excluding hydrogens is 192 g/mol. The molecule has 0 atom stereocenters. The van der Waals surface area contributed by atoms with Crippen LogP contribution >= 0.6 is 0 Å². The molecule has 1 rings (SSSR count). The molecular formula is C11H16N2O2. The van der Waals surface area contributed by atoms with Crippen LogP contribution in [0.4, 0.5) is 11.4 Å². The van der Waals surface area contributed by atoms with Crippen LogP contribution in [-0.4, -0.2) is 16.6 Å². The molecule has 4 N–H and O–H groups in total. The number of nitrogens with one attached hydrogen (secondary N) is 1. The second kappa shape index (κ2) is 3.81. The topological polar surface area (TPSA) is 75.3 Å². The molecule has 0 unspecified atom stereocenters. The van der Waals surface area contributed by atoms with Gasteiger partial charge in [-0.25, -0.2) is 4.79 Å². The van der Waals surface area contributed by atoms with Gasteiger partial charge in [0.05, 0.1) is 5.56 Å². The highest BCUT2D eigenvalue weighted by atomic mass is 16.4. The largest absolute Gasteiger partial charge is 0.478 e. The van der Waals surface area contributed by atoms with E-state index in [-0.39, 0.29) is 16.8 Å². The maximum Gasteiger partial charge on any atom is 0.337 e. The number of benzene rings is 1. The summed E-state index contributed by atoms with van der Waals surface area (Å²) in [5, 5.41) is 12.1. The number of nitrogen functional groups attached to an aromatic ring is 1. The summed E-state index contributed by atoms with van der Waals surface area (Å²) in [7, 11) is 0. The Morgan fingerprint density at radius 3 is 2.47 bits per heavy atom. The average molecular weight is 208 g/mol. The van der Waals surface area contributed by atoms with Crippen LogP contribution in [-0.2, 0) is 0 Å². The molecule has 0 aliphatic rings. The van der Waals surface area contributed by atoms with Crippen molar-refractivity contribution in [2.45, 2.75) is 26.3 Å². The molecule has 1 aromatic carbocycles. The molecule has 0 aromatic heterocycles. The number of hydrogen-bond donors (Lipinski definition) is 3. The Balaban J connectivity index is 3.03. The van der Waals surface area contributed by atoms with E-state index in [0.717, 1.165) is 5.69 Å². The summed E-state index contributed by atoms with van der Waals surface area (Å²) in [6.45, 7) is 6.01. The first kappa shape index (κ1) is 11.4. The van der Waals surface area contributed by atoms with Gasteiger partial charge in [0, 0.05) is 16.9 Å². The van der Waals surface area contributed by atoms with E-state index in [1.54, 1.807) is 18.2 Å². The van der Waals surface area contributed by atoms with Gasteiger partial charge < -0.3 is 16.2 Å². The summed E-state index contributed by atoms with van der Waals surface area (Å²) in [4.78, 5) is 10.8. The molecule has 0 aliphatic carbocycles. The fourth-order valence-electron chi connectivity index (χ4n) is 1.25. The van der Waals surface area contributed by atoms with Crippen molar-refractivity contribution >= 4 is 17.3 Å². The van der Waals surface area contributed by atoms with Crippen molar-refractivity contribution in [2.75, 3.05) is 11.1 Å². The molecule has 4 nitrogen and oxygen atoms in total. The first-order valence-corrected chi connectivity index (χ1v) is 4.70. The SMILES string of the molecule is CC(C)(C)Nc1ccc(N)c(C(=O)O)c1. The Bertz CT molecular complexity index is 381. The lowest BCUT2D eigenvalue weighted by Crippen LogP contribution is -2.26. The zero-order valence-electron chi connectivity index (χ0n) is 9.16. The second-order valence-corrected chi connectivity index (χ2v) is 4.48. The minimum atomic E-state index is -1.01. The smallest absolute Gasteiger partial charge is 0.337 e. The monoisotopic (exact) mass is 208 g/mol. The minimum absolute atomic E-state index is 0.105. The van der Waals surface area contributed by atoms with Crippen LogP contribution in [0.1, 0.15) is 31.1 Å². The molecule has 1 aromatic rings. The highest BCUT2D eigenvalue weighted by Crippen LogP contribution is 2.20. The standard InChI is InChI=1S/C11H16N2O2/c1-11(2,3)13-7-4-5-9(12)8(6-7)10(14)15/h4-6,13H,12H2,1-3H3,(H,14,15). The van der Waals surface area contributed by atoms with E-state index in [4.69, 9.17) is 10.8 Å². The Morgan fingerprint density at radius 2 is 2.00 bits per heavy atom. The van der Waals surface area contributed by atoms with Crippen LogP contribution in [0.25, 0.3) is 0 Å². The predicted octanol–water partition coefficient (Wildman–Crippen LogP) is 2.18. The maximum atomic E-state index is 10.8. The van der Waals surface area contributed by atoms with Gasteiger partial charge in [-0.3, -0.25) is 0 Å². The van der Waals surface area contributed by atoms with Crippen molar-refractivity contribution < 1.29 is 9.90 Å². The first-order chi connectivity index (χ1) is 6.79. The van der Waals surface area contributed by atoms with Crippen LogP contribution in [0.3, 0.4) is 0 Å². The van der Waals surface area contributed by atoms with Crippen molar-refractivity contribution in [2.24, 2.45) is 0 Å². The third-order valence-electron chi connectivity index (χ3n) is 1.80. The van der Waals surface area contributed by atoms with Gasteiger partial charge in [-0.05, 0) is 39.0 Å². The molecule has 0 fully saturated rings. The molecule has 15 heavy (non-hydrogen) atoms. The normalized spacial score (nSPS) is 11.1. The summed E-state index contributed by atoms with van der Waals surface area (Å²) in [5.74, 6) is -1.01. The fourth-order valence-corrected chi connectivity index (χ4v) is 1.25. The van der Waals surface area contributed by atoms with Crippen LogP contribution in [0, 0.1) is 0 Å². The molecule has 0 spiro atoms. The van der Waals surface area contributed by atoms with Crippen LogP contribution in [0.5, 0.6) is 0 Å². The van der Waals surface area contributed by atoms with E-state index in [2.05, 4.69) is 5.32 Å². The lowest BCUT2D eigenvalue weighted by molar-refractivity contribution is 0.0698. The number of carbonyl (C=O) groups is 1. The number of carboxylic acids is 1. The van der Waals surface area contributed by atoms with Crippen LogP contribution < -0.4 is 11.1 Å². The maximum absolute atomic E-state index is 10.8. The third-order valence-corrected chi connectivity index (χ3v) is 1.80. The van der Waals surface area contributed by atoms with E-state index < -0.39 is 5.97 Å². The lowest BCUT2D eigenvalue weighted by atomic mass is 10.1. The van der Waals surface area contributed by atoms with Crippen LogP contribution in [0.2, 0.25) is 0 Å². The van der Waals surface area contributed by atoms with Crippen molar-refractivity contribution in [3.05, 3.63) is 23.8 Å². The third kappa shape index (κ3) is 3.16. The molecule has 0 aliphatic heterocycles. The number of anilines is 2. The number of rotatable bonds is 2. The first-order valence-electron chi connectivity index (χ1n) is 4.70. The lowest BCUT2D eigenvalue weighted by Gasteiger charge is -2.22. The summed E-state index contributed by atoms with van der Waals surface area (Å²) >= 11 is 0. The minimum Gasteiger partial charge on any atom is -0.478 e. The fraction of sp³-hybridized carbons (Fsp3) is 0.364. The van der Waals surface area contributed by atoms with Crippen molar-refractivity contribution in [3.8, 4) is 0 Å². The summed E-state index contributed by atoms with van der Waals surface area (Å²) in [6, 6.07) is 4.91. The number of aromatic carboxylic acids is 1. The van der Waals surface area contributed by atoms with E-state index in [0.29, 0.717) is 0 Å². The Kier molecular flexibility index (Phi) is 2.88. The molecule has 0 amide bonds. The van der Waals surface area contributed by atoms with Crippen LogP contribution in [0.15, 0.2) is 18.2 Å². The zero-order chi connectivity index (χ0) is 11.6. The van der Waals surface area contributed by atoms with Gasteiger partial charge in [0.1, 0.15) is 0 Å². The molecule has 4 heteroatoms. The Labute approximate surface area is 89.1 Å². The van der Waals surface area contributed by atoms with Gasteiger partial charge >= 0.3 is 5.97 Å². The highest BCUT2D eigenvalue weighted by molar-refractivity contribution is 5.94. The van der Waals surface area contributed by atoms with Gasteiger partial charge in [0.15, 0.2) is 0 Å². The van der Waals surface area contributed by atoms with E-state index in [9.17, 15) is 4.79 Å². The molecule has 0 bridgehead atoms. The average Bonchev–Trinajstić information content (AvgIpc) is 2.05. The molecule has 82 valence electrons. The van der Waals surface area contributed by atoms with Gasteiger partial charge in [-0.15, -0.1) is 0 Å².